The number of carbonyl (C=O) groups excluding carboxylic acids is 3. The van der Waals surface area contributed by atoms with Gasteiger partial charge in [0.2, 0.25) is 11.8 Å². The average molecular weight is 337 g/mol. The summed E-state index contributed by atoms with van der Waals surface area (Å²) < 4.78 is 4.94. The molecule has 0 fully saturated rings. The highest BCUT2D eigenvalue weighted by atomic mass is 16.5. The normalized spacial score (nSPS) is 12.5. The van der Waals surface area contributed by atoms with Crippen LogP contribution in [-0.2, 0) is 25.7 Å². The monoisotopic (exact) mass is 337 g/mol. The van der Waals surface area contributed by atoms with E-state index in [1.54, 1.807) is 30.3 Å². The summed E-state index contributed by atoms with van der Waals surface area (Å²) >= 11 is 0. The summed E-state index contributed by atoms with van der Waals surface area (Å²) in [4.78, 5) is 45.5. The number of carbonyl (C=O) groups is 4. The van der Waals surface area contributed by atoms with E-state index in [-0.39, 0.29) is 6.61 Å². The number of hydrogen-bond acceptors (Lipinski definition) is 5. The molecule has 0 aliphatic heterocycles. The summed E-state index contributed by atoms with van der Waals surface area (Å²) in [5, 5.41) is 13.1. The molecular weight excluding hydrogens is 318 g/mol. The summed E-state index contributed by atoms with van der Waals surface area (Å²) in [6.45, 7) is 1.22. The summed E-state index contributed by atoms with van der Waals surface area (Å²) in [5.41, 5.74) is 5.77. The third-order valence-electron chi connectivity index (χ3n) is 2.96. The highest BCUT2D eigenvalue weighted by Gasteiger charge is 2.26. The van der Waals surface area contributed by atoms with E-state index in [1.165, 1.54) is 6.92 Å². The molecule has 0 radical (unpaired) electrons. The van der Waals surface area contributed by atoms with Crippen LogP contribution in [0, 0.1) is 0 Å². The maximum Gasteiger partial charge on any atom is 0.408 e. The van der Waals surface area contributed by atoms with Crippen molar-refractivity contribution in [2.24, 2.45) is 5.73 Å². The Labute approximate surface area is 138 Å². The molecular formula is C15H19N3O6. The number of ether oxygens (including phenoxy) is 1. The van der Waals surface area contributed by atoms with Crippen LogP contribution in [-0.4, -0.2) is 41.1 Å². The van der Waals surface area contributed by atoms with Crippen molar-refractivity contribution in [1.29, 1.82) is 0 Å². The molecule has 24 heavy (non-hydrogen) atoms. The first-order valence-corrected chi connectivity index (χ1v) is 7.08. The third-order valence-corrected chi connectivity index (χ3v) is 2.96. The summed E-state index contributed by atoms with van der Waals surface area (Å²) in [5.74, 6) is -2.94. The molecule has 1 rings (SSSR count). The van der Waals surface area contributed by atoms with Gasteiger partial charge in [-0.2, -0.15) is 0 Å². The van der Waals surface area contributed by atoms with Gasteiger partial charge in [0.25, 0.3) is 0 Å². The molecule has 9 nitrogen and oxygen atoms in total. The van der Waals surface area contributed by atoms with E-state index in [0.29, 0.717) is 0 Å². The average Bonchev–Trinajstić information content (AvgIpc) is 2.52. The van der Waals surface area contributed by atoms with E-state index < -0.39 is 42.4 Å². The number of aliphatic carboxylic acids is 1. The van der Waals surface area contributed by atoms with Gasteiger partial charge in [0.1, 0.15) is 18.7 Å². The van der Waals surface area contributed by atoms with Crippen molar-refractivity contribution in [2.75, 3.05) is 0 Å². The van der Waals surface area contributed by atoms with E-state index in [9.17, 15) is 19.2 Å². The van der Waals surface area contributed by atoms with Gasteiger partial charge in [0, 0.05) is 0 Å². The lowest BCUT2D eigenvalue weighted by atomic mass is 10.1. The SMILES string of the molecule is C[C@H](NC(=O)[C@H](CC(N)=O)NC(=O)OCc1ccccc1)C(=O)O. The first-order chi connectivity index (χ1) is 11.3. The second-order valence-corrected chi connectivity index (χ2v) is 5.00. The van der Waals surface area contributed by atoms with Gasteiger partial charge in [-0.05, 0) is 12.5 Å². The summed E-state index contributed by atoms with van der Waals surface area (Å²) in [7, 11) is 0. The Morgan fingerprint density at radius 3 is 2.33 bits per heavy atom. The van der Waals surface area contributed by atoms with Gasteiger partial charge in [0.15, 0.2) is 0 Å². The molecule has 0 aliphatic carbocycles. The zero-order valence-electron chi connectivity index (χ0n) is 13.0. The number of carboxylic acids is 1. The van der Waals surface area contributed by atoms with Crippen molar-refractivity contribution in [3.05, 3.63) is 35.9 Å². The Morgan fingerprint density at radius 1 is 1.17 bits per heavy atom. The number of rotatable bonds is 8. The van der Waals surface area contributed by atoms with Crippen molar-refractivity contribution in [3.63, 3.8) is 0 Å². The van der Waals surface area contributed by atoms with Gasteiger partial charge in [-0.1, -0.05) is 30.3 Å². The van der Waals surface area contributed by atoms with Crippen LogP contribution in [0.4, 0.5) is 4.79 Å². The third kappa shape index (κ3) is 6.77. The molecule has 0 heterocycles. The van der Waals surface area contributed by atoms with Crippen LogP contribution in [0.2, 0.25) is 0 Å². The van der Waals surface area contributed by atoms with E-state index in [2.05, 4.69) is 10.6 Å². The summed E-state index contributed by atoms with van der Waals surface area (Å²) in [6.07, 6.45) is -1.42. The minimum atomic E-state index is -1.33. The maximum absolute atomic E-state index is 12.0. The molecule has 3 amide bonds. The van der Waals surface area contributed by atoms with Crippen LogP contribution in [0.25, 0.3) is 0 Å². The number of hydrogen-bond donors (Lipinski definition) is 4. The lowest BCUT2D eigenvalue weighted by molar-refractivity contribution is -0.141. The number of primary amides is 1. The standard InChI is InChI=1S/C15H19N3O6/c1-9(14(21)22)17-13(20)11(7-12(16)19)18-15(23)24-8-10-5-3-2-4-6-10/h2-6,9,11H,7-8H2,1H3,(H2,16,19)(H,17,20)(H,18,23)(H,21,22)/t9-,11-/m0/s1. The second kappa shape index (κ2) is 9.13. The van der Waals surface area contributed by atoms with E-state index in [4.69, 9.17) is 15.6 Å². The first-order valence-electron chi connectivity index (χ1n) is 7.08. The lowest BCUT2D eigenvalue weighted by Crippen LogP contribution is -2.52. The van der Waals surface area contributed by atoms with Gasteiger partial charge in [-0.25, -0.2) is 4.79 Å². The molecule has 1 aromatic rings. The zero-order chi connectivity index (χ0) is 18.1. The first kappa shape index (κ1) is 18.9. The molecule has 0 bridgehead atoms. The number of amides is 3. The minimum Gasteiger partial charge on any atom is -0.480 e. The Balaban J connectivity index is 2.60. The van der Waals surface area contributed by atoms with Crippen molar-refractivity contribution < 1.29 is 29.0 Å². The lowest BCUT2D eigenvalue weighted by Gasteiger charge is -2.18. The maximum atomic E-state index is 12.0. The highest BCUT2D eigenvalue weighted by Crippen LogP contribution is 2.02. The molecule has 130 valence electrons. The van der Waals surface area contributed by atoms with Crippen LogP contribution < -0.4 is 16.4 Å². The van der Waals surface area contributed by atoms with Crippen molar-refractivity contribution >= 4 is 23.9 Å². The predicted molar refractivity (Wildman–Crippen MR) is 82.6 cm³/mol. The molecule has 2 atom stereocenters. The van der Waals surface area contributed by atoms with Gasteiger partial charge < -0.3 is 26.2 Å². The van der Waals surface area contributed by atoms with Crippen LogP contribution in [0.15, 0.2) is 30.3 Å². The number of benzene rings is 1. The van der Waals surface area contributed by atoms with Crippen LogP contribution in [0.1, 0.15) is 18.9 Å². The highest BCUT2D eigenvalue weighted by molar-refractivity contribution is 5.92. The van der Waals surface area contributed by atoms with Crippen molar-refractivity contribution in [2.45, 2.75) is 32.0 Å². The quantitative estimate of drug-likeness (QED) is 0.514. The van der Waals surface area contributed by atoms with Gasteiger partial charge in [-0.15, -0.1) is 0 Å². The Bertz CT molecular complexity index is 604. The molecule has 0 saturated carbocycles. The number of carboxylic acid groups (broad SMARTS) is 1. The number of alkyl carbamates (subject to hydrolysis) is 1. The molecule has 0 saturated heterocycles. The van der Waals surface area contributed by atoms with Crippen LogP contribution in [0.5, 0.6) is 0 Å². The molecule has 0 aromatic heterocycles. The van der Waals surface area contributed by atoms with Crippen LogP contribution >= 0.6 is 0 Å². The van der Waals surface area contributed by atoms with Gasteiger partial charge in [0.05, 0.1) is 6.42 Å². The van der Waals surface area contributed by atoms with E-state index >= 15 is 0 Å². The van der Waals surface area contributed by atoms with Crippen molar-refractivity contribution in [3.8, 4) is 0 Å². The summed E-state index contributed by atoms with van der Waals surface area (Å²) in [6, 6.07) is 6.33. The second-order valence-electron chi connectivity index (χ2n) is 5.00. The van der Waals surface area contributed by atoms with Gasteiger partial charge >= 0.3 is 12.1 Å². The predicted octanol–water partition coefficient (Wildman–Crippen LogP) is -0.254. The zero-order valence-corrected chi connectivity index (χ0v) is 13.0. The smallest absolute Gasteiger partial charge is 0.408 e. The minimum absolute atomic E-state index is 0.0247. The topological polar surface area (TPSA) is 148 Å². The molecule has 9 heteroatoms. The Hall–Kier alpha value is -3.10. The fraction of sp³-hybridized carbons (Fsp3) is 0.333. The fourth-order valence-corrected chi connectivity index (χ4v) is 1.69. The molecule has 1 aromatic carbocycles. The van der Waals surface area contributed by atoms with Crippen molar-refractivity contribution in [1.82, 2.24) is 10.6 Å². The molecule has 0 spiro atoms. The molecule has 0 aliphatic rings. The van der Waals surface area contributed by atoms with Crippen LogP contribution in [0.3, 0.4) is 0 Å². The number of nitrogens with one attached hydrogen (secondary N) is 2. The Kier molecular flexibility index (Phi) is 7.21. The number of nitrogens with two attached hydrogens (primary N) is 1. The van der Waals surface area contributed by atoms with Gasteiger partial charge in [-0.3, -0.25) is 14.4 Å². The Morgan fingerprint density at radius 2 is 1.79 bits per heavy atom. The molecule has 5 N–H and O–H groups in total. The molecule has 0 unspecified atom stereocenters. The van der Waals surface area contributed by atoms with E-state index in [1.807, 2.05) is 0 Å². The fourth-order valence-electron chi connectivity index (χ4n) is 1.69. The largest absolute Gasteiger partial charge is 0.480 e. The van der Waals surface area contributed by atoms with E-state index in [0.717, 1.165) is 5.56 Å².